The summed E-state index contributed by atoms with van der Waals surface area (Å²) in [5, 5.41) is 0. The highest BCUT2D eigenvalue weighted by molar-refractivity contribution is 5.93. The van der Waals surface area contributed by atoms with Crippen LogP contribution in [0.15, 0.2) is 29.2 Å². The van der Waals surface area contributed by atoms with Crippen molar-refractivity contribution in [2.45, 2.75) is 6.92 Å². The van der Waals surface area contributed by atoms with Gasteiger partial charge in [0, 0.05) is 25.6 Å². The van der Waals surface area contributed by atoms with E-state index < -0.39 is 0 Å². The van der Waals surface area contributed by atoms with E-state index >= 15 is 0 Å². The summed E-state index contributed by atoms with van der Waals surface area (Å²) in [6.07, 6.45) is 6.86. The molecular weight excluding hydrogens is 220 g/mol. The monoisotopic (exact) mass is 234 g/mol. The van der Waals surface area contributed by atoms with Crippen LogP contribution in [-0.4, -0.2) is 35.0 Å². The Hall–Kier alpha value is -2.11. The number of esters is 1. The van der Waals surface area contributed by atoms with Gasteiger partial charge in [-0.1, -0.05) is 0 Å². The Morgan fingerprint density at radius 2 is 2.41 bits per heavy atom. The molecule has 1 aromatic rings. The molecule has 0 spiro atoms. The Morgan fingerprint density at radius 1 is 1.59 bits per heavy atom. The number of ether oxygens (including phenoxy) is 1. The van der Waals surface area contributed by atoms with Gasteiger partial charge >= 0.3 is 5.97 Å². The molecule has 6 heteroatoms. The lowest BCUT2D eigenvalue weighted by Crippen LogP contribution is -2.25. The van der Waals surface area contributed by atoms with Crippen molar-refractivity contribution in [1.82, 2.24) is 9.55 Å². The molecule has 0 aliphatic carbocycles. The van der Waals surface area contributed by atoms with Crippen LogP contribution < -0.4 is 4.90 Å². The minimum absolute atomic E-state index is 0.330. The van der Waals surface area contributed by atoms with E-state index in [-0.39, 0.29) is 5.97 Å². The van der Waals surface area contributed by atoms with Gasteiger partial charge in [0.05, 0.1) is 25.1 Å². The van der Waals surface area contributed by atoms with Gasteiger partial charge in [0.1, 0.15) is 0 Å². The standard InChI is InChI=1S/C11H14N4O2/c1-3-17-10(16)9-6-12-8-15(7-9)11-13-4-5-14(11)2/h4-5,7-8H,3,6H2,1-2H3. The molecule has 90 valence electrons. The Kier molecular flexibility index (Phi) is 3.22. The van der Waals surface area contributed by atoms with Crippen molar-refractivity contribution in [3.05, 3.63) is 24.2 Å². The van der Waals surface area contributed by atoms with E-state index in [1.165, 1.54) is 0 Å². The van der Waals surface area contributed by atoms with E-state index in [0.29, 0.717) is 24.7 Å². The zero-order chi connectivity index (χ0) is 12.3. The van der Waals surface area contributed by atoms with Gasteiger partial charge in [-0.05, 0) is 6.92 Å². The summed E-state index contributed by atoms with van der Waals surface area (Å²) in [4.78, 5) is 21.6. The average molecular weight is 234 g/mol. The molecule has 0 bridgehead atoms. The van der Waals surface area contributed by atoms with Gasteiger partial charge in [0.25, 0.3) is 0 Å². The molecule has 2 heterocycles. The predicted molar refractivity (Wildman–Crippen MR) is 63.8 cm³/mol. The fourth-order valence-electron chi connectivity index (χ4n) is 1.53. The maximum absolute atomic E-state index is 11.6. The first-order chi connectivity index (χ1) is 8.22. The zero-order valence-electron chi connectivity index (χ0n) is 9.83. The number of nitrogens with zero attached hydrogens (tertiary/aromatic N) is 4. The molecule has 1 aliphatic heterocycles. The molecule has 0 amide bonds. The third-order valence-electron chi connectivity index (χ3n) is 2.33. The van der Waals surface area contributed by atoms with Crippen LogP contribution in [0.5, 0.6) is 0 Å². The van der Waals surface area contributed by atoms with Crippen molar-refractivity contribution in [3.8, 4) is 0 Å². The maximum Gasteiger partial charge on any atom is 0.337 e. The second-order valence-electron chi connectivity index (χ2n) is 3.58. The lowest BCUT2D eigenvalue weighted by molar-refractivity contribution is -0.138. The third kappa shape index (κ3) is 2.35. The highest BCUT2D eigenvalue weighted by Crippen LogP contribution is 2.14. The van der Waals surface area contributed by atoms with Crippen molar-refractivity contribution >= 4 is 18.3 Å². The Balaban J connectivity index is 2.20. The molecular formula is C11H14N4O2. The predicted octanol–water partition coefficient (Wildman–Crippen LogP) is 0.715. The normalized spacial score (nSPS) is 14.7. The first-order valence-electron chi connectivity index (χ1n) is 5.35. The minimum atomic E-state index is -0.330. The number of aromatic nitrogens is 2. The molecule has 0 aromatic carbocycles. The van der Waals surface area contributed by atoms with E-state index in [0.717, 1.165) is 0 Å². The molecule has 6 nitrogen and oxygen atoms in total. The van der Waals surface area contributed by atoms with Gasteiger partial charge in [0.2, 0.25) is 5.95 Å². The van der Waals surface area contributed by atoms with E-state index in [4.69, 9.17) is 4.74 Å². The number of aryl methyl sites for hydroxylation is 1. The highest BCUT2D eigenvalue weighted by atomic mass is 16.5. The summed E-state index contributed by atoms with van der Waals surface area (Å²) in [5.74, 6) is 0.374. The molecule has 17 heavy (non-hydrogen) atoms. The number of hydrogen-bond donors (Lipinski definition) is 0. The molecule has 0 saturated carbocycles. The van der Waals surface area contributed by atoms with Crippen molar-refractivity contribution < 1.29 is 9.53 Å². The van der Waals surface area contributed by atoms with E-state index in [1.54, 1.807) is 30.6 Å². The van der Waals surface area contributed by atoms with Gasteiger partial charge < -0.3 is 9.30 Å². The number of rotatable bonds is 3. The molecule has 2 rings (SSSR count). The van der Waals surface area contributed by atoms with Crippen LogP contribution in [0.2, 0.25) is 0 Å². The van der Waals surface area contributed by atoms with E-state index in [1.807, 2.05) is 17.8 Å². The van der Waals surface area contributed by atoms with Gasteiger partial charge in [-0.2, -0.15) is 0 Å². The molecule has 0 saturated heterocycles. The third-order valence-corrected chi connectivity index (χ3v) is 2.33. The van der Waals surface area contributed by atoms with Crippen LogP contribution in [0.4, 0.5) is 5.95 Å². The zero-order valence-corrected chi connectivity index (χ0v) is 9.83. The highest BCUT2D eigenvalue weighted by Gasteiger charge is 2.17. The summed E-state index contributed by atoms with van der Waals surface area (Å²) in [7, 11) is 1.88. The number of imidazole rings is 1. The van der Waals surface area contributed by atoms with Gasteiger partial charge in [-0.3, -0.25) is 9.89 Å². The molecule has 0 fully saturated rings. The van der Waals surface area contributed by atoms with Crippen LogP contribution in [0, 0.1) is 0 Å². The van der Waals surface area contributed by atoms with Gasteiger partial charge in [0.15, 0.2) is 0 Å². The Labute approximate surface area is 99.2 Å². The van der Waals surface area contributed by atoms with E-state index in [2.05, 4.69) is 9.98 Å². The first kappa shape index (κ1) is 11.4. The number of aliphatic imine (C=N–C) groups is 1. The number of carbonyl (C=O) groups is 1. The maximum atomic E-state index is 11.6. The Bertz CT molecular complexity index is 476. The van der Waals surface area contributed by atoms with Gasteiger partial charge in [-0.25, -0.2) is 9.78 Å². The fraction of sp³-hybridized carbons (Fsp3) is 0.364. The van der Waals surface area contributed by atoms with Crippen LogP contribution >= 0.6 is 0 Å². The Morgan fingerprint density at radius 3 is 3.06 bits per heavy atom. The van der Waals surface area contributed by atoms with E-state index in [9.17, 15) is 4.79 Å². The lowest BCUT2D eigenvalue weighted by atomic mass is 10.2. The summed E-state index contributed by atoms with van der Waals surface area (Å²) < 4.78 is 6.79. The largest absolute Gasteiger partial charge is 0.463 e. The summed E-state index contributed by atoms with van der Waals surface area (Å²) in [6.45, 7) is 2.49. The van der Waals surface area contributed by atoms with Crippen molar-refractivity contribution in [3.63, 3.8) is 0 Å². The molecule has 0 radical (unpaired) electrons. The molecule has 1 aromatic heterocycles. The average Bonchev–Trinajstić information content (AvgIpc) is 2.76. The molecule has 0 N–H and O–H groups in total. The van der Waals surface area contributed by atoms with Crippen LogP contribution in [0.25, 0.3) is 0 Å². The number of anilines is 1. The van der Waals surface area contributed by atoms with Crippen molar-refractivity contribution in [2.75, 3.05) is 18.1 Å². The lowest BCUT2D eigenvalue weighted by Gasteiger charge is -2.18. The number of hydrogen-bond acceptors (Lipinski definition) is 5. The quantitative estimate of drug-likeness (QED) is 0.723. The number of carbonyl (C=O) groups excluding carboxylic acids is 1. The fourth-order valence-corrected chi connectivity index (χ4v) is 1.53. The summed E-state index contributed by atoms with van der Waals surface area (Å²) in [6, 6.07) is 0. The molecule has 0 unspecified atom stereocenters. The topological polar surface area (TPSA) is 59.7 Å². The second-order valence-corrected chi connectivity index (χ2v) is 3.58. The second kappa shape index (κ2) is 4.82. The van der Waals surface area contributed by atoms with Gasteiger partial charge in [-0.15, -0.1) is 0 Å². The van der Waals surface area contributed by atoms with Crippen LogP contribution in [0.3, 0.4) is 0 Å². The first-order valence-corrected chi connectivity index (χ1v) is 5.35. The van der Waals surface area contributed by atoms with Crippen LogP contribution in [0.1, 0.15) is 6.92 Å². The summed E-state index contributed by atoms with van der Waals surface area (Å²) >= 11 is 0. The SMILES string of the molecule is CCOC(=O)C1=CN(c2nccn2C)C=NC1. The van der Waals surface area contributed by atoms with Crippen molar-refractivity contribution in [1.29, 1.82) is 0 Å². The van der Waals surface area contributed by atoms with Crippen LogP contribution in [-0.2, 0) is 16.6 Å². The summed E-state index contributed by atoms with van der Waals surface area (Å²) in [5.41, 5.74) is 0.525. The molecule has 1 aliphatic rings. The molecule has 0 atom stereocenters. The smallest absolute Gasteiger partial charge is 0.337 e. The minimum Gasteiger partial charge on any atom is -0.463 e. The van der Waals surface area contributed by atoms with Crippen molar-refractivity contribution in [2.24, 2.45) is 12.0 Å².